The SMILES string of the molecule is C/C=C1/[C@H]2C[C@H]2[C@H]2[C@@H]3CC[C@H]4C[C@@](O)(CCC)CC[C@]4(C)[C@H]3CC[C@]12C. The second-order valence-corrected chi connectivity index (χ2v) is 11.5. The highest BCUT2D eigenvalue weighted by molar-refractivity contribution is 5.34. The topological polar surface area (TPSA) is 20.2 Å². The molecule has 5 rings (SSSR count). The molecule has 1 N–H and O–H groups in total. The lowest BCUT2D eigenvalue weighted by Crippen LogP contribution is -2.56. The van der Waals surface area contributed by atoms with E-state index < -0.39 is 0 Å². The molecule has 0 heterocycles. The summed E-state index contributed by atoms with van der Waals surface area (Å²) in [6.07, 6.45) is 15.3. The quantitative estimate of drug-likeness (QED) is 0.571. The summed E-state index contributed by atoms with van der Waals surface area (Å²) in [5, 5.41) is 11.1. The minimum Gasteiger partial charge on any atom is -0.390 e. The standard InChI is InChI=1S/C25H40O/c1-5-10-25(26)13-12-23(3)16(15-25)7-8-17-21(23)9-11-24(4)20(6-2)18-14-19(18)22(17)24/h6,16-19,21-22,26H,5,7-15H2,1-4H3/b20-6-/t16-,17+,18-,19+,21-,22+,23-,24+,25+/m0/s1. The fourth-order valence-corrected chi connectivity index (χ4v) is 9.33. The summed E-state index contributed by atoms with van der Waals surface area (Å²) in [5.41, 5.74) is 2.54. The van der Waals surface area contributed by atoms with E-state index in [9.17, 15) is 5.11 Å². The lowest BCUT2D eigenvalue weighted by Gasteiger charge is -2.62. The Morgan fingerprint density at radius 3 is 2.62 bits per heavy atom. The van der Waals surface area contributed by atoms with Crippen molar-refractivity contribution in [3.63, 3.8) is 0 Å². The van der Waals surface area contributed by atoms with Crippen LogP contribution in [0.25, 0.3) is 0 Å². The molecule has 0 radical (unpaired) electrons. The van der Waals surface area contributed by atoms with Crippen LogP contribution >= 0.6 is 0 Å². The molecule has 26 heavy (non-hydrogen) atoms. The molecule has 0 aromatic heterocycles. The van der Waals surface area contributed by atoms with E-state index in [1.54, 1.807) is 0 Å². The number of aliphatic hydroxyl groups is 1. The van der Waals surface area contributed by atoms with Crippen molar-refractivity contribution in [2.24, 2.45) is 46.3 Å². The van der Waals surface area contributed by atoms with Crippen LogP contribution < -0.4 is 0 Å². The zero-order valence-electron chi connectivity index (χ0n) is 17.6. The van der Waals surface area contributed by atoms with Crippen LogP contribution in [0.2, 0.25) is 0 Å². The van der Waals surface area contributed by atoms with Crippen LogP contribution in [0.1, 0.15) is 91.9 Å². The Hall–Kier alpha value is -0.300. The molecule has 5 aliphatic carbocycles. The Morgan fingerprint density at radius 2 is 1.88 bits per heavy atom. The normalized spacial score (nSPS) is 59.3. The summed E-state index contributed by atoms with van der Waals surface area (Å²) in [6, 6.07) is 0. The zero-order valence-corrected chi connectivity index (χ0v) is 17.6. The molecule has 0 saturated heterocycles. The average Bonchev–Trinajstić information content (AvgIpc) is 3.31. The van der Waals surface area contributed by atoms with Crippen LogP contribution in [-0.2, 0) is 0 Å². The van der Waals surface area contributed by atoms with E-state index in [0.29, 0.717) is 10.8 Å². The van der Waals surface area contributed by atoms with Gasteiger partial charge in [0.1, 0.15) is 0 Å². The second-order valence-electron chi connectivity index (χ2n) is 11.5. The van der Waals surface area contributed by atoms with Gasteiger partial charge in [-0.25, -0.2) is 0 Å². The van der Waals surface area contributed by atoms with Crippen molar-refractivity contribution >= 4 is 0 Å². The highest BCUT2D eigenvalue weighted by atomic mass is 16.3. The van der Waals surface area contributed by atoms with E-state index in [0.717, 1.165) is 61.2 Å². The molecule has 1 nitrogen and oxygen atoms in total. The molecule has 0 aromatic carbocycles. The fourth-order valence-electron chi connectivity index (χ4n) is 9.33. The van der Waals surface area contributed by atoms with E-state index in [1.807, 2.05) is 5.57 Å². The first-order valence-electron chi connectivity index (χ1n) is 11.8. The number of fused-ring (bicyclic) bond motifs is 7. The van der Waals surface area contributed by atoms with E-state index in [-0.39, 0.29) is 5.60 Å². The fraction of sp³-hybridized carbons (Fsp3) is 0.920. The van der Waals surface area contributed by atoms with E-state index in [1.165, 1.54) is 38.5 Å². The highest BCUT2D eigenvalue weighted by Crippen LogP contribution is 2.75. The van der Waals surface area contributed by atoms with Crippen molar-refractivity contribution < 1.29 is 5.11 Å². The van der Waals surface area contributed by atoms with Crippen molar-refractivity contribution in [1.82, 2.24) is 0 Å². The largest absolute Gasteiger partial charge is 0.390 e. The molecule has 5 fully saturated rings. The maximum Gasteiger partial charge on any atom is 0.0650 e. The Morgan fingerprint density at radius 1 is 1.08 bits per heavy atom. The molecule has 146 valence electrons. The maximum absolute atomic E-state index is 11.1. The van der Waals surface area contributed by atoms with Gasteiger partial charge in [0.25, 0.3) is 0 Å². The van der Waals surface area contributed by atoms with Gasteiger partial charge < -0.3 is 5.11 Å². The molecule has 0 aliphatic heterocycles. The van der Waals surface area contributed by atoms with Gasteiger partial charge in [-0.05, 0) is 111 Å². The predicted octanol–water partition coefficient (Wildman–Crippen LogP) is 6.36. The monoisotopic (exact) mass is 356 g/mol. The van der Waals surface area contributed by atoms with E-state index in [2.05, 4.69) is 33.8 Å². The van der Waals surface area contributed by atoms with Gasteiger partial charge in [-0.1, -0.05) is 38.8 Å². The Labute approximate surface area is 161 Å². The minimum atomic E-state index is -0.345. The van der Waals surface area contributed by atoms with Gasteiger partial charge in [0, 0.05) is 0 Å². The van der Waals surface area contributed by atoms with Crippen LogP contribution in [0.15, 0.2) is 11.6 Å². The summed E-state index contributed by atoms with van der Waals surface area (Å²) >= 11 is 0. The third kappa shape index (κ3) is 2.19. The van der Waals surface area contributed by atoms with Gasteiger partial charge in [-0.15, -0.1) is 0 Å². The molecule has 0 unspecified atom stereocenters. The van der Waals surface area contributed by atoms with Gasteiger partial charge in [-0.3, -0.25) is 0 Å². The molecule has 0 amide bonds. The van der Waals surface area contributed by atoms with Crippen molar-refractivity contribution in [3.05, 3.63) is 11.6 Å². The van der Waals surface area contributed by atoms with Gasteiger partial charge in [0.15, 0.2) is 0 Å². The smallest absolute Gasteiger partial charge is 0.0650 e. The molecular formula is C25H40O. The summed E-state index contributed by atoms with van der Waals surface area (Å²) < 4.78 is 0. The van der Waals surface area contributed by atoms with Crippen molar-refractivity contribution in [3.8, 4) is 0 Å². The summed E-state index contributed by atoms with van der Waals surface area (Å²) in [7, 11) is 0. The third-order valence-corrected chi connectivity index (χ3v) is 10.5. The Bertz CT molecular complexity index is 622. The number of hydrogen-bond acceptors (Lipinski definition) is 1. The van der Waals surface area contributed by atoms with Crippen LogP contribution in [0.4, 0.5) is 0 Å². The molecule has 0 bridgehead atoms. The molecular weight excluding hydrogens is 316 g/mol. The van der Waals surface area contributed by atoms with Crippen LogP contribution in [0.5, 0.6) is 0 Å². The maximum atomic E-state index is 11.1. The van der Waals surface area contributed by atoms with Crippen molar-refractivity contribution in [2.45, 2.75) is 97.5 Å². The second kappa shape index (κ2) is 5.62. The average molecular weight is 357 g/mol. The number of rotatable bonds is 2. The number of allylic oxidation sites excluding steroid dienone is 2. The van der Waals surface area contributed by atoms with Crippen molar-refractivity contribution in [2.75, 3.05) is 0 Å². The van der Waals surface area contributed by atoms with Gasteiger partial charge in [0.2, 0.25) is 0 Å². The van der Waals surface area contributed by atoms with Crippen LogP contribution in [0.3, 0.4) is 0 Å². The highest BCUT2D eigenvalue weighted by Gasteiger charge is 2.68. The summed E-state index contributed by atoms with van der Waals surface area (Å²) in [5.74, 6) is 5.64. The van der Waals surface area contributed by atoms with Crippen LogP contribution in [-0.4, -0.2) is 10.7 Å². The minimum absolute atomic E-state index is 0.345. The van der Waals surface area contributed by atoms with E-state index in [4.69, 9.17) is 0 Å². The van der Waals surface area contributed by atoms with Crippen molar-refractivity contribution in [1.29, 1.82) is 0 Å². The first-order valence-corrected chi connectivity index (χ1v) is 11.8. The van der Waals surface area contributed by atoms with Gasteiger partial charge in [-0.2, -0.15) is 0 Å². The van der Waals surface area contributed by atoms with Gasteiger partial charge >= 0.3 is 0 Å². The van der Waals surface area contributed by atoms with Gasteiger partial charge in [0.05, 0.1) is 5.60 Å². The lowest BCUT2D eigenvalue weighted by molar-refractivity contribution is -0.149. The molecule has 0 aromatic rings. The predicted molar refractivity (Wildman–Crippen MR) is 108 cm³/mol. The first kappa shape index (κ1) is 17.8. The number of hydrogen-bond donors (Lipinski definition) is 1. The molecule has 1 heteroatoms. The Balaban J connectivity index is 1.43. The molecule has 0 spiro atoms. The summed E-state index contributed by atoms with van der Waals surface area (Å²) in [4.78, 5) is 0. The van der Waals surface area contributed by atoms with Crippen LogP contribution in [0, 0.1) is 46.3 Å². The first-order chi connectivity index (χ1) is 12.4. The lowest BCUT2D eigenvalue weighted by atomic mass is 9.43. The molecule has 5 saturated carbocycles. The molecule has 9 atom stereocenters. The molecule has 5 aliphatic rings. The Kier molecular flexibility index (Phi) is 3.84. The summed E-state index contributed by atoms with van der Waals surface area (Å²) in [6.45, 7) is 9.80. The zero-order chi connectivity index (χ0) is 18.3. The van der Waals surface area contributed by atoms with E-state index >= 15 is 0 Å². The third-order valence-electron chi connectivity index (χ3n) is 10.5.